The van der Waals surface area contributed by atoms with Crippen LogP contribution >= 0.6 is 23.7 Å². The number of hydrogen-bond acceptors (Lipinski definition) is 3. The van der Waals surface area contributed by atoms with E-state index in [1.807, 2.05) is 4.90 Å². The van der Waals surface area contributed by atoms with Crippen molar-refractivity contribution in [3.8, 4) is 0 Å². The Labute approximate surface area is 160 Å². The van der Waals surface area contributed by atoms with Crippen molar-refractivity contribution in [1.82, 2.24) is 5.32 Å². The average Bonchev–Trinajstić information content (AvgIpc) is 2.95. The Morgan fingerprint density at radius 1 is 1.24 bits per heavy atom. The third-order valence-corrected chi connectivity index (χ3v) is 5.93. The first-order valence-electron chi connectivity index (χ1n) is 8.75. The van der Waals surface area contributed by atoms with E-state index < -0.39 is 0 Å². The highest BCUT2D eigenvalue weighted by atomic mass is 35.5. The second-order valence-electron chi connectivity index (χ2n) is 6.66. The molecule has 0 aliphatic carbocycles. The number of thiophene rings is 1. The fourth-order valence-electron chi connectivity index (χ4n) is 3.05. The molecule has 3 nitrogen and oxygen atoms in total. The fourth-order valence-corrected chi connectivity index (χ4v) is 3.93. The summed E-state index contributed by atoms with van der Waals surface area (Å²) in [4.78, 5) is 17.6. The minimum Gasteiger partial charge on any atom is -0.316 e. The quantitative estimate of drug-likeness (QED) is 0.806. The zero-order chi connectivity index (χ0) is 17.1. The summed E-state index contributed by atoms with van der Waals surface area (Å²) in [5, 5.41) is 3.28. The van der Waals surface area contributed by atoms with Gasteiger partial charge >= 0.3 is 0 Å². The number of rotatable bonds is 6. The van der Waals surface area contributed by atoms with Crippen LogP contribution in [0.5, 0.6) is 0 Å². The van der Waals surface area contributed by atoms with Gasteiger partial charge in [-0.2, -0.15) is 0 Å². The first-order valence-corrected chi connectivity index (χ1v) is 9.56. The number of halogens is 1. The van der Waals surface area contributed by atoms with E-state index in [1.54, 1.807) is 11.3 Å². The molecule has 1 N–H and O–H groups in total. The Hall–Kier alpha value is -1.36. The molecule has 25 heavy (non-hydrogen) atoms. The molecule has 0 spiro atoms. The lowest BCUT2D eigenvalue weighted by Gasteiger charge is -2.35. The van der Waals surface area contributed by atoms with Gasteiger partial charge in [0.25, 0.3) is 0 Å². The molecule has 0 saturated carbocycles. The molecule has 2 heterocycles. The molecule has 1 unspecified atom stereocenters. The molecule has 1 aromatic carbocycles. The van der Waals surface area contributed by atoms with Gasteiger partial charge in [0.15, 0.2) is 0 Å². The van der Waals surface area contributed by atoms with Gasteiger partial charge in [-0.05, 0) is 62.2 Å². The van der Waals surface area contributed by atoms with Crippen molar-refractivity contribution in [2.75, 3.05) is 18.0 Å². The molecule has 5 heteroatoms. The summed E-state index contributed by atoms with van der Waals surface area (Å²) in [5.41, 5.74) is 2.30. The summed E-state index contributed by atoms with van der Waals surface area (Å²) >= 11 is 1.77. The Morgan fingerprint density at radius 3 is 2.40 bits per heavy atom. The van der Waals surface area contributed by atoms with Crippen LogP contribution in [0.25, 0.3) is 0 Å². The van der Waals surface area contributed by atoms with E-state index in [4.69, 9.17) is 0 Å². The van der Waals surface area contributed by atoms with Gasteiger partial charge in [-0.3, -0.25) is 4.79 Å². The molecule has 0 radical (unpaired) electrons. The predicted molar refractivity (Wildman–Crippen MR) is 109 cm³/mol. The maximum Gasteiger partial charge on any atom is 0.230 e. The number of nitrogens with one attached hydrogen (secondary N) is 1. The highest BCUT2D eigenvalue weighted by Crippen LogP contribution is 2.27. The summed E-state index contributed by atoms with van der Waals surface area (Å²) in [5.74, 6) is 0.745. The summed E-state index contributed by atoms with van der Waals surface area (Å²) in [7, 11) is 0. The van der Waals surface area contributed by atoms with E-state index in [0.29, 0.717) is 12.5 Å². The highest BCUT2D eigenvalue weighted by Gasteiger charge is 2.32. The van der Waals surface area contributed by atoms with Crippen LogP contribution in [0.4, 0.5) is 5.69 Å². The van der Waals surface area contributed by atoms with Crippen molar-refractivity contribution in [2.24, 2.45) is 11.8 Å². The normalized spacial score (nSPS) is 15.2. The molecular weight excluding hydrogens is 352 g/mol. The number of nitrogens with zero attached hydrogens (tertiary/aromatic N) is 1. The molecular formula is C20H27ClN2OS. The number of benzene rings is 1. The Kier molecular flexibility index (Phi) is 7.05. The first kappa shape index (κ1) is 20.0. The van der Waals surface area contributed by atoms with Crippen LogP contribution in [0.1, 0.15) is 29.2 Å². The number of amides is 1. The molecule has 1 saturated heterocycles. The van der Waals surface area contributed by atoms with Crippen molar-refractivity contribution < 1.29 is 4.79 Å². The van der Waals surface area contributed by atoms with Crippen molar-refractivity contribution in [3.63, 3.8) is 0 Å². The number of carbonyl (C=O) groups is 1. The Morgan fingerprint density at radius 2 is 1.92 bits per heavy atom. The summed E-state index contributed by atoms with van der Waals surface area (Å²) in [6.07, 6.45) is 1.02. The van der Waals surface area contributed by atoms with Crippen LogP contribution in [0, 0.1) is 18.8 Å². The molecule has 1 aliphatic heterocycles. The van der Waals surface area contributed by atoms with Crippen molar-refractivity contribution >= 4 is 35.3 Å². The SMILES string of the molecule is CCc1ccc(N(Cc2ccc(C)s2)C(=O)C(C)C2CNC2)cc1.Cl. The van der Waals surface area contributed by atoms with Crippen LogP contribution in [-0.4, -0.2) is 19.0 Å². The van der Waals surface area contributed by atoms with Crippen molar-refractivity contribution in [1.29, 1.82) is 0 Å². The van der Waals surface area contributed by atoms with Crippen LogP contribution in [0.2, 0.25) is 0 Å². The van der Waals surface area contributed by atoms with Gasteiger partial charge in [0.1, 0.15) is 0 Å². The van der Waals surface area contributed by atoms with Gasteiger partial charge in [-0.1, -0.05) is 26.0 Å². The van der Waals surface area contributed by atoms with Crippen molar-refractivity contribution in [2.45, 2.75) is 33.7 Å². The summed E-state index contributed by atoms with van der Waals surface area (Å²) in [6.45, 7) is 8.90. The third kappa shape index (κ3) is 4.63. The lowest BCUT2D eigenvalue weighted by atomic mass is 9.87. The number of hydrogen-bond donors (Lipinski definition) is 1. The zero-order valence-electron chi connectivity index (χ0n) is 15.1. The summed E-state index contributed by atoms with van der Waals surface area (Å²) < 4.78 is 0. The molecule has 136 valence electrons. The smallest absolute Gasteiger partial charge is 0.230 e. The highest BCUT2D eigenvalue weighted by molar-refractivity contribution is 7.11. The fraction of sp³-hybridized carbons (Fsp3) is 0.450. The number of anilines is 1. The van der Waals surface area contributed by atoms with Gasteiger partial charge in [0.05, 0.1) is 6.54 Å². The minimum absolute atomic E-state index is 0. The van der Waals surface area contributed by atoms with E-state index in [-0.39, 0.29) is 24.2 Å². The van der Waals surface area contributed by atoms with Gasteiger partial charge in [0, 0.05) is 21.4 Å². The van der Waals surface area contributed by atoms with Gasteiger partial charge in [-0.15, -0.1) is 23.7 Å². The second kappa shape index (κ2) is 8.84. The molecule has 1 fully saturated rings. The number of carbonyl (C=O) groups excluding carboxylic acids is 1. The van der Waals surface area contributed by atoms with Crippen LogP contribution in [0.3, 0.4) is 0 Å². The minimum atomic E-state index is 0. The maximum absolute atomic E-state index is 13.1. The van der Waals surface area contributed by atoms with Gasteiger partial charge in [0.2, 0.25) is 5.91 Å². The molecule has 2 aromatic rings. The standard InChI is InChI=1S/C20H26N2OS.ClH/c1-4-16-6-8-18(9-7-16)22(13-19-10-5-14(2)24-19)20(23)15(3)17-11-21-12-17;/h5-10,15,17,21H,4,11-13H2,1-3H3;1H. The number of aryl methyl sites for hydroxylation is 2. The van der Waals surface area contributed by atoms with Crippen LogP contribution < -0.4 is 10.2 Å². The monoisotopic (exact) mass is 378 g/mol. The molecule has 1 amide bonds. The van der Waals surface area contributed by atoms with Crippen LogP contribution in [0.15, 0.2) is 36.4 Å². The van der Waals surface area contributed by atoms with E-state index in [0.717, 1.165) is 25.2 Å². The molecule has 1 aliphatic rings. The lowest BCUT2D eigenvalue weighted by molar-refractivity contribution is -0.124. The zero-order valence-corrected chi connectivity index (χ0v) is 16.8. The topological polar surface area (TPSA) is 32.3 Å². The predicted octanol–water partition coefficient (Wildman–Crippen LogP) is 4.43. The van der Waals surface area contributed by atoms with E-state index in [9.17, 15) is 4.79 Å². The third-order valence-electron chi connectivity index (χ3n) is 4.94. The molecule has 0 bridgehead atoms. The van der Waals surface area contributed by atoms with Gasteiger partial charge in [-0.25, -0.2) is 0 Å². The first-order chi connectivity index (χ1) is 11.6. The van der Waals surface area contributed by atoms with Crippen molar-refractivity contribution in [3.05, 3.63) is 51.7 Å². The lowest BCUT2D eigenvalue weighted by Crippen LogP contribution is -2.50. The van der Waals surface area contributed by atoms with E-state index in [2.05, 4.69) is 62.5 Å². The molecule has 3 rings (SSSR count). The van der Waals surface area contributed by atoms with Crippen LogP contribution in [-0.2, 0) is 17.8 Å². The Balaban J connectivity index is 0.00000225. The second-order valence-corrected chi connectivity index (χ2v) is 8.04. The van der Waals surface area contributed by atoms with E-state index in [1.165, 1.54) is 15.3 Å². The summed E-state index contributed by atoms with van der Waals surface area (Å²) in [6, 6.07) is 12.7. The average molecular weight is 379 g/mol. The largest absolute Gasteiger partial charge is 0.316 e. The molecule has 1 aromatic heterocycles. The van der Waals surface area contributed by atoms with E-state index >= 15 is 0 Å². The Bertz CT molecular complexity index is 694. The molecule has 1 atom stereocenters. The maximum atomic E-state index is 13.1. The van der Waals surface area contributed by atoms with Gasteiger partial charge < -0.3 is 10.2 Å².